The van der Waals surface area contributed by atoms with Crippen molar-refractivity contribution in [3.8, 4) is 17.2 Å². The Morgan fingerprint density at radius 3 is 2.60 bits per heavy atom. The van der Waals surface area contributed by atoms with E-state index in [4.69, 9.17) is 25.8 Å². The predicted molar refractivity (Wildman–Crippen MR) is 112 cm³/mol. The molecule has 4 rings (SSSR count). The Hall–Kier alpha value is -3.06. The number of nitrogens with zero attached hydrogens (tertiary/aromatic N) is 2. The van der Waals surface area contributed by atoms with Gasteiger partial charge in [0.25, 0.3) is 0 Å². The predicted octanol–water partition coefficient (Wildman–Crippen LogP) is 3.70. The number of halogens is 1. The van der Waals surface area contributed by atoms with Crippen molar-refractivity contribution in [3.63, 3.8) is 0 Å². The van der Waals surface area contributed by atoms with Crippen LogP contribution in [0, 0.1) is 5.92 Å². The molecule has 0 unspecified atom stereocenters. The molecule has 2 heterocycles. The molecule has 0 amide bonds. The van der Waals surface area contributed by atoms with Gasteiger partial charge in [-0.05, 0) is 12.1 Å². The topological polar surface area (TPSA) is 78.0 Å². The number of fused-ring (bicyclic) bond motifs is 1. The number of carbonyl (C=O) groups excluding carboxylic acids is 2. The molecule has 1 aliphatic heterocycles. The van der Waals surface area contributed by atoms with Gasteiger partial charge in [0.05, 0.1) is 19.9 Å². The van der Waals surface area contributed by atoms with Gasteiger partial charge in [-0.15, -0.1) is 0 Å². The number of benzene rings is 1. The normalized spacial score (nSPS) is 22.4. The lowest BCUT2D eigenvalue weighted by molar-refractivity contribution is -0.117. The lowest BCUT2D eigenvalue weighted by Gasteiger charge is -2.41. The molecule has 0 saturated heterocycles. The van der Waals surface area contributed by atoms with E-state index in [0.29, 0.717) is 23.0 Å². The van der Waals surface area contributed by atoms with Crippen molar-refractivity contribution in [2.75, 3.05) is 26.2 Å². The molecule has 1 aromatic carbocycles. The van der Waals surface area contributed by atoms with Gasteiger partial charge in [-0.25, -0.2) is 4.98 Å². The fourth-order valence-electron chi connectivity index (χ4n) is 4.13. The average Bonchev–Trinajstić information content (AvgIpc) is 3.06. The minimum atomic E-state index is -1.44. The molecule has 0 radical (unpaired) electrons. The second kappa shape index (κ2) is 7.32. The fourth-order valence-corrected chi connectivity index (χ4v) is 4.40. The largest absolute Gasteiger partial charge is 0.496 e. The van der Waals surface area contributed by atoms with Crippen molar-refractivity contribution in [2.45, 2.75) is 18.9 Å². The molecule has 1 aromatic heterocycles. The molecule has 0 saturated carbocycles. The maximum atomic E-state index is 13.9. The van der Waals surface area contributed by atoms with Crippen molar-refractivity contribution < 1.29 is 23.8 Å². The Kier molecular flexibility index (Phi) is 4.94. The molecule has 156 valence electrons. The third kappa shape index (κ3) is 2.76. The number of pyridine rings is 1. The Morgan fingerprint density at radius 2 is 1.97 bits per heavy atom. The van der Waals surface area contributed by atoms with E-state index < -0.39 is 11.5 Å². The van der Waals surface area contributed by atoms with E-state index in [2.05, 4.69) is 4.98 Å². The number of ether oxygens (including phenoxy) is 3. The minimum absolute atomic E-state index is 0.0890. The number of aromatic nitrogens is 1. The lowest BCUT2D eigenvalue weighted by atomic mass is 9.74. The average molecular weight is 429 g/mol. The first kappa shape index (κ1) is 20.2. The van der Waals surface area contributed by atoms with Crippen molar-refractivity contribution >= 4 is 29.0 Å². The summed E-state index contributed by atoms with van der Waals surface area (Å²) < 4.78 is 17.1. The van der Waals surface area contributed by atoms with Gasteiger partial charge in [-0.3, -0.25) is 9.59 Å². The molecule has 2 aliphatic rings. The Bertz CT molecular complexity index is 1070. The highest BCUT2D eigenvalue weighted by atomic mass is 35.5. The van der Waals surface area contributed by atoms with Crippen LogP contribution in [0.3, 0.4) is 0 Å². The molecule has 2 atom stereocenters. The smallest absolute Gasteiger partial charge is 0.220 e. The summed E-state index contributed by atoms with van der Waals surface area (Å²) in [7, 11) is 4.69. The second-order valence-electron chi connectivity index (χ2n) is 7.31. The molecule has 8 heteroatoms. The van der Waals surface area contributed by atoms with Crippen LogP contribution in [0.5, 0.6) is 17.2 Å². The van der Waals surface area contributed by atoms with Gasteiger partial charge in [-0.2, -0.15) is 0 Å². The highest BCUT2D eigenvalue weighted by Gasteiger charge is 2.60. The van der Waals surface area contributed by atoms with E-state index in [1.54, 1.807) is 36.3 Å². The highest BCUT2D eigenvalue weighted by molar-refractivity contribution is 6.35. The zero-order valence-electron chi connectivity index (χ0n) is 17.1. The van der Waals surface area contributed by atoms with Gasteiger partial charge in [0.1, 0.15) is 27.9 Å². The molecule has 0 N–H and O–H groups in total. The van der Waals surface area contributed by atoms with Crippen molar-refractivity contribution in [1.82, 2.24) is 4.98 Å². The molecular formula is C22H21ClN2O5. The van der Waals surface area contributed by atoms with E-state index in [9.17, 15) is 9.59 Å². The van der Waals surface area contributed by atoms with Crippen LogP contribution in [0.2, 0.25) is 5.02 Å². The third-order valence-electron chi connectivity index (χ3n) is 5.65. The van der Waals surface area contributed by atoms with Crippen LogP contribution < -0.4 is 19.1 Å². The standard InChI is InChI=1S/C22H21ClN2O5/c1-12-9-13(26)10-16(25(2)17-7-5-6-8-24-17)22(12)21(27)18-14(28-3)11-15(29-4)19(23)20(18)30-22/h5-8,10-12H,9H2,1-4H3/t12-,22+/m1/s1. The summed E-state index contributed by atoms with van der Waals surface area (Å²) in [6.07, 6.45) is 3.26. The van der Waals surface area contributed by atoms with Crippen LogP contribution in [0.4, 0.5) is 5.82 Å². The maximum absolute atomic E-state index is 13.9. The highest BCUT2D eigenvalue weighted by Crippen LogP contribution is 2.54. The number of rotatable bonds is 4. The van der Waals surface area contributed by atoms with Gasteiger partial charge in [0.15, 0.2) is 11.5 Å². The summed E-state index contributed by atoms with van der Waals surface area (Å²) in [5.74, 6) is 0.564. The molecular weight excluding hydrogens is 408 g/mol. The summed E-state index contributed by atoms with van der Waals surface area (Å²) in [4.78, 5) is 32.4. The van der Waals surface area contributed by atoms with Crippen LogP contribution in [0.15, 0.2) is 42.2 Å². The number of anilines is 1. The maximum Gasteiger partial charge on any atom is 0.220 e. The van der Waals surface area contributed by atoms with E-state index >= 15 is 0 Å². The van der Waals surface area contributed by atoms with Crippen molar-refractivity contribution in [1.29, 1.82) is 0 Å². The molecule has 1 spiro atoms. The second-order valence-corrected chi connectivity index (χ2v) is 7.69. The Balaban J connectivity index is 1.93. The fraction of sp³-hybridized carbons (Fsp3) is 0.318. The van der Waals surface area contributed by atoms with Crippen LogP contribution >= 0.6 is 11.6 Å². The summed E-state index contributed by atoms with van der Waals surface area (Å²) in [6, 6.07) is 6.98. The number of hydrogen-bond donors (Lipinski definition) is 0. The minimum Gasteiger partial charge on any atom is -0.496 e. The van der Waals surface area contributed by atoms with E-state index in [-0.39, 0.29) is 34.3 Å². The summed E-state index contributed by atoms with van der Waals surface area (Å²) in [5, 5.41) is 0.183. The number of ketones is 2. The summed E-state index contributed by atoms with van der Waals surface area (Å²) in [5.41, 5.74) is -0.792. The molecule has 1 aliphatic carbocycles. The number of methoxy groups -OCH3 is 2. The van der Waals surface area contributed by atoms with E-state index in [0.717, 1.165) is 0 Å². The Morgan fingerprint density at radius 1 is 1.23 bits per heavy atom. The van der Waals surface area contributed by atoms with Crippen molar-refractivity contribution in [3.05, 3.63) is 52.8 Å². The SMILES string of the molecule is COc1cc(OC)c2c(c1Cl)O[C@]1(C2=O)C(N(C)c2ccccn2)=CC(=O)C[C@H]1C. The molecule has 2 aromatic rings. The summed E-state index contributed by atoms with van der Waals surface area (Å²) in [6.45, 7) is 1.82. The Labute approximate surface area is 179 Å². The third-order valence-corrected chi connectivity index (χ3v) is 6.01. The first-order chi connectivity index (χ1) is 14.3. The lowest BCUT2D eigenvalue weighted by Crippen LogP contribution is -2.55. The number of Topliss-reactive ketones (excluding diaryl/α,β-unsaturated/α-hetero) is 1. The number of hydrogen-bond acceptors (Lipinski definition) is 7. The van der Waals surface area contributed by atoms with Crippen LogP contribution in [0.25, 0.3) is 0 Å². The first-order valence-corrected chi connectivity index (χ1v) is 9.81. The zero-order chi connectivity index (χ0) is 21.6. The van der Waals surface area contributed by atoms with Crippen LogP contribution in [0.1, 0.15) is 23.7 Å². The summed E-state index contributed by atoms with van der Waals surface area (Å²) >= 11 is 6.50. The molecule has 0 fully saturated rings. The van der Waals surface area contributed by atoms with E-state index in [1.807, 2.05) is 13.0 Å². The van der Waals surface area contributed by atoms with Gasteiger partial charge in [0.2, 0.25) is 11.4 Å². The molecule has 0 bridgehead atoms. The van der Waals surface area contributed by atoms with Crippen LogP contribution in [-0.2, 0) is 4.79 Å². The number of allylic oxidation sites excluding steroid dienone is 1. The van der Waals surface area contributed by atoms with Crippen LogP contribution in [-0.4, -0.2) is 43.4 Å². The number of carbonyl (C=O) groups is 2. The van der Waals surface area contributed by atoms with Gasteiger partial charge in [-0.1, -0.05) is 24.6 Å². The monoisotopic (exact) mass is 428 g/mol. The van der Waals surface area contributed by atoms with Crippen molar-refractivity contribution in [2.24, 2.45) is 5.92 Å². The molecule has 7 nitrogen and oxygen atoms in total. The number of likely N-dealkylation sites (N-methyl/N-ethyl adjacent to an activating group) is 1. The van der Waals surface area contributed by atoms with E-state index in [1.165, 1.54) is 20.3 Å². The zero-order valence-corrected chi connectivity index (χ0v) is 17.8. The van der Waals surface area contributed by atoms with Gasteiger partial charge < -0.3 is 19.1 Å². The quantitative estimate of drug-likeness (QED) is 0.734. The molecule has 30 heavy (non-hydrogen) atoms. The van der Waals surface area contributed by atoms with Gasteiger partial charge in [0, 0.05) is 37.7 Å². The van der Waals surface area contributed by atoms with Gasteiger partial charge >= 0.3 is 0 Å². The first-order valence-electron chi connectivity index (χ1n) is 9.43.